The Hall–Kier alpha value is -3.58. The second-order valence-electron chi connectivity index (χ2n) is 11.1. The van der Waals surface area contributed by atoms with Gasteiger partial charge in [-0.2, -0.15) is 0 Å². The number of amides is 3. The number of carbonyl (C=O) groups excluding carboxylic acids is 2. The first kappa shape index (κ1) is 30.4. The lowest BCUT2D eigenvalue weighted by Crippen LogP contribution is -2.48. The van der Waals surface area contributed by atoms with E-state index in [1.165, 1.54) is 12.0 Å². The molecule has 1 saturated carbocycles. The van der Waals surface area contributed by atoms with E-state index in [9.17, 15) is 9.59 Å². The maximum Gasteiger partial charge on any atom is 0.322 e. The maximum absolute atomic E-state index is 14.1. The Bertz CT molecular complexity index is 1250. The van der Waals surface area contributed by atoms with E-state index >= 15 is 0 Å². The zero-order valence-electron chi connectivity index (χ0n) is 25.0. The van der Waals surface area contributed by atoms with Crippen LogP contribution >= 0.6 is 0 Å². The Kier molecular flexibility index (Phi) is 11.4. The van der Waals surface area contributed by atoms with Gasteiger partial charge in [0.1, 0.15) is 6.54 Å². The van der Waals surface area contributed by atoms with E-state index in [4.69, 9.17) is 4.74 Å². The summed E-state index contributed by atoms with van der Waals surface area (Å²) in [7, 11) is 0. The van der Waals surface area contributed by atoms with Gasteiger partial charge in [-0.05, 0) is 74.9 Å². The molecule has 0 radical (unpaired) electrons. The highest BCUT2D eigenvalue weighted by molar-refractivity contribution is 5.93. The third kappa shape index (κ3) is 8.70. The minimum Gasteiger partial charge on any atom is -0.382 e. The highest BCUT2D eigenvalue weighted by Crippen LogP contribution is 2.25. The fourth-order valence-corrected chi connectivity index (χ4v) is 5.60. The van der Waals surface area contributed by atoms with E-state index in [0.717, 1.165) is 54.7 Å². The third-order valence-corrected chi connectivity index (χ3v) is 8.17. The minimum atomic E-state index is -0.250. The Morgan fingerprint density at radius 3 is 2.51 bits per heavy atom. The molecule has 0 saturated heterocycles. The number of carbonyl (C=O) groups is 2. The summed E-state index contributed by atoms with van der Waals surface area (Å²) in [6.45, 7) is 8.97. The van der Waals surface area contributed by atoms with Crippen molar-refractivity contribution in [2.75, 3.05) is 31.6 Å². The van der Waals surface area contributed by atoms with Gasteiger partial charge in [-0.3, -0.25) is 4.79 Å². The number of aromatic nitrogens is 1. The Morgan fingerprint density at radius 2 is 1.76 bits per heavy atom. The minimum absolute atomic E-state index is 0.00288. The van der Waals surface area contributed by atoms with Gasteiger partial charge in [0, 0.05) is 49.9 Å². The van der Waals surface area contributed by atoms with Crippen LogP contribution in [-0.2, 0) is 22.6 Å². The number of anilines is 1. The number of hydrogen-bond acceptors (Lipinski definition) is 3. The number of aryl methyl sites for hydroxylation is 1. The summed E-state index contributed by atoms with van der Waals surface area (Å²) in [5.74, 6) is -0.00288. The molecule has 41 heavy (non-hydrogen) atoms. The van der Waals surface area contributed by atoms with Crippen molar-refractivity contribution in [3.8, 4) is 0 Å². The molecule has 7 nitrogen and oxygen atoms in total. The molecule has 1 N–H and O–H groups in total. The second-order valence-corrected chi connectivity index (χ2v) is 11.1. The van der Waals surface area contributed by atoms with Crippen LogP contribution in [0.15, 0.2) is 66.9 Å². The summed E-state index contributed by atoms with van der Waals surface area (Å²) in [6.07, 6.45) is 8.24. The summed E-state index contributed by atoms with van der Waals surface area (Å²) in [6, 6.07) is 20.4. The molecule has 2 aromatic carbocycles. The summed E-state index contributed by atoms with van der Waals surface area (Å²) in [5, 5.41) is 3.07. The van der Waals surface area contributed by atoms with Gasteiger partial charge < -0.3 is 24.4 Å². The van der Waals surface area contributed by atoms with Crippen LogP contribution in [0.3, 0.4) is 0 Å². The first-order chi connectivity index (χ1) is 20.0. The van der Waals surface area contributed by atoms with Crippen molar-refractivity contribution in [3.05, 3.63) is 89.2 Å². The van der Waals surface area contributed by atoms with Gasteiger partial charge in [-0.25, -0.2) is 4.79 Å². The summed E-state index contributed by atoms with van der Waals surface area (Å²) < 4.78 is 7.77. The summed E-state index contributed by atoms with van der Waals surface area (Å²) >= 11 is 0. The van der Waals surface area contributed by atoms with Crippen LogP contribution in [0, 0.1) is 13.8 Å². The molecule has 7 heteroatoms. The zero-order valence-corrected chi connectivity index (χ0v) is 25.0. The molecular formula is C34H46N4O3. The monoisotopic (exact) mass is 558 g/mol. The van der Waals surface area contributed by atoms with Crippen LogP contribution in [-0.4, -0.2) is 58.7 Å². The van der Waals surface area contributed by atoms with Crippen LogP contribution < -0.4 is 5.32 Å². The van der Waals surface area contributed by atoms with Crippen molar-refractivity contribution < 1.29 is 14.3 Å². The smallest absolute Gasteiger partial charge is 0.322 e. The number of hydrogen-bond donors (Lipinski definition) is 1. The molecular weight excluding hydrogens is 512 g/mol. The van der Waals surface area contributed by atoms with E-state index in [0.29, 0.717) is 32.7 Å². The largest absolute Gasteiger partial charge is 0.382 e. The molecule has 1 aliphatic rings. The van der Waals surface area contributed by atoms with Crippen molar-refractivity contribution in [1.82, 2.24) is 14.4 Å². The average molecular weight is 559 g/mol. The van der Waals surface area contributed by atoms with Crippen LogP contribution in [0.2, 0.25) is 0 Å². The van der Waals surface area contributed by atoms with E-state index in [-0.39, 0.29) is 24.5 Å². The molecule has 1 fully saturated rings. The number of urea groups is 1. The first-order valence-corrected chi connectivity index (χ1v) is 15.1. The van der Waals surface area contributed by atoms with Crippen molar-refractivity contribution in [2.45, 2.75) is 78.4 Å². The molecule has 3 aromatic rings. The average Bonchev–Trinajstić information content (AvgIpc) is 3.42. The van der Waals surface area contributed by atoms with Gasteiger partial charge in [0.2, 0.25) is 5.91 Å². The van der Waals surface area contributed by atoms with Crippen LogP contribution in [0.25, 0.3) is 0 Å². The Morgan fingerprint density at radius 1 is 0.976 bits per heavy atom. The molecule has 1 heterocycles. The molecule has 0 unspecified atom stereocenters. The van der Waals surface area contributed by atoms with Crippen LogP contribution in [0.4, 0.5) is 10.5 Å². The molecule has 0 bridgehead atoms. The standard InChI is InChI=1S/C34H46N4O3/c1-4-41-23-13-22-37(34(40)35-32-20-11-14-27(2)28(32)3)26-33(39)38(30-17-9-6-10-18-30)25-31-19-12-21-36(31)24-29-15-7-5-8-16-29/h5,7-8,11-12,14-16,19-21,30H,4,6,9-10,13,17-18,22-26H2,1-3H3,(H,35,40). The summed E-state index contributed by atoms with van der Waals surface area (Å²) in [4.78, 5) is 31.3. The highest BCUT2D eigenvalue weighted by Gasteiger charge is 2.29. The van der Waals surface area contributed by atoms with E-state index in [1.807, 2.05) is 49.9 Å². The van der Waals surface area contributed by atoms with Crippen molar-refractivity contribution in [3.63, 3.8) is 0 Å². The van der Waals surface area contributed by atoms with Gasteiger partial charge in [-0.15, -0.1) is 0 Å². The number of nitrogens with one attached hydrogen (secondary N) is 1. The Balaban J connectivity index is 1.52. The topological polar surface area (TPSA) is 66.8 Å². The molecule has 0 atom stereocenters. The van der Waals surface area contributed by atoms with E-state index in [1.54, 1.807) is 4.90 Å². The SMILES string of the molecule is CCOCCCN(CC(=O)N(Cc1cccn1Cc1ccccc1)C1CCCCC1)C(=O)Nc1cccc(C)c1C. The predicted molar refractivity (Wildman–Crippen MR) is 165 cm³/mol. The quantitative estimate of drug-likeness (QED) is 0.235. The van der Waals surface area contributed by atoms with Gasteiger partial charge >= 0.3 is 6.03 Å². The first-order valence-electron chi connectivity index (χ1n) is 15.1. The van der Waals surface area contributed by atoms with Gasteiger partial charge in [0.15, 0.2) is 0 Å². The van der Waals surface area contributed by atoms with E-state index < -0.39 is 0 Å². The molecule has 4 rings (SSSR count). The highest BCUT2D eigenvalue weighted by atomic mass is 16.5. The number of nitrogens with zero attached hydrogens (tertiary/aromatic N) is 3. The van der Waals surface area contributed by atoms with Gasteiger partial charge in [0.05, 0.1) is 6.54 Å². The van der Waals surface area contributed by atoms with E-state index in [2.05, 4.69) is 52.5 Å². The van der Waals surface area contributed by atoms with Crippen LogP contribution in [0.1, 0.15) is 67.8 Å². The number of ether oxygens (including phenoxy) is 1. The van der Waals surface area contributed by atoms with Crippen molar-refractivity contribution >= 4 is 17.6 Å². The van der Waals surface area contributed by atoms with Crippen molar-refractivity contribution in [1.29, 1.82) is 0 Å². The fraction of sp³-hybridized carbons (Fsp3) is 0.471. The lowest BCUT2D eigenvalue weighted by atomic mass is 9.94. The predicted octanol–water partition coefficient (Wildman–Crippen LogP) is 6.78. The molecule has 1 aliphatic carbocycles. The third-order valence-electron chi connectivity index (χ3n) is 8.17. The second kappa shape index (κ2) is 15.4. The number of rotatable bonds is 13. The Labute approximate surface area is 245 Å². The normalized spacial score (nSPS) is 13.6. The van der Waals surface area contributed by atoms with Crippen LogP contribution in [0.5, 0.6) is 0 Å². The number of benzene rings is 2. The molecule has 220 valence electrons. The molecule has 3 amide bonds. The zero-order chi connectivity index (χ0) is 29.0. The van der Waals surface area contributed by atoms with Gasteiger partial charge in [-0.1, -0.05) is 61.7 Å². The molecule has 1 aromatic heterocycles. The van der Waals surface area contributed by atoms with Crippen molar-refractivity contribution in [2.24, 2.45) is 0 Å². The fourth-order valence-electron chi connectivity index (χ4n) is 5.60. The van der Waals surface area contributed by atoms with Gasteiger partial charge in [0.25, 0.3) is 0 Å². The maximum atomic E-state index is 14.1. The lowest BCUT2D eigenvalue weighted by Gasteiger charge is -2.36. The summed E-state index contributed by atoms with van der Waals surface area (Å²) in [5.41, 5.74) is 5.26. The lowest BCUT2D eigenvalue weighted by molar-refractivity contribution is -0.135. The molecule has 0 spiro atoms. The molecule has 0 aliphatic heterocycles.